The Morgan fingerprint density at radius 1 is 1.05 bits per heavy atom. The number of benzene rings is 1. The molecular weight excluding hydrogens is 282 g/mol. The van der Waals surface area contributed by atoms with Crippen molar-refractivity contribution in [1.82, 2.24) is 9.80 Å². The fourth-order valence-electron chi connectivity index (χ4n) is 2.69. The first-order chi connectivity index (χ1) is 10.3. The summed E-state index contributed by atoms with van der Waals surface area (Å²) in [7, 11) is 2.17. The third-order valence-electron chi connectivity index (χ3n) is 3.95. The highest BCUT2D eigenvalue weighted by atomic mass is 32.1. The van der Waals surface area contributed by atoms with Gasteiger partial charge in [0.1, 0.15) is 16.3 Å². The minimum Gasteiger partial charge on any atom is -0.453 e. The number of amidine groups is 1. The molecule has 5 heteroatoms. The Bertz CT molecular complexity index is 686. The molecule has 2 aromatic rings. The fraction of sp³-hybridized carbons (Fsp3) is 0.312. The number of piperazine rings is 1. The summed E-state index contributed by atoms with van der Waals surface area (Å²) in [6.07, 6.45) is 0. The summed E-state index contributed by atoms with van der Waals surface area (Å²) >= 11 is 1.70. The van der Waals surface area contributed by atoms with E-state index in [9.17, 15) is 0 Å². The quantitative estimate of drug-likeness (QED) is 0.748. The van der Waals surface area contributed by atoms with E-state index in [0.29, 0.717) is 0 Å². The molecule has 0 aliphatic carbocycles. The Labute approximate surface area is 128 Å². The Hall–Kier alpha value is -1.85. The molecule has 4 nitrogen and oxygen atoms in total. The number of hydrogen-bond donors (Lipinski definition) is 0. The second-order valence-electron chi connectivity index (χ2n) is 5.41. The van der Waals surface area contributed by atoms with Gasteiger partial charge in [-0.1, -0.05) is 12.1 Å². The van der Waals surface area contributed by atoms with Gasteiger partial charge < -0.3 is 14.5 Å². The number of aliphatic imine (C=N–C) groups is 1. The molecule has 4 rings (SSSR count). The fourth-order valence-corrected chi connectivity index (χ4v) is 3.53. The zero-order valence-electron chi connectivity index (χ0n) is 12.0. The van der Waals surface area contributed by atoms with Crippen LogP contribution in [0.15, 0.2) is 40.7 Å². The molecule has 108 valence electrons. The largest absolute Gasteiger partial charge is 0.453 e. The topological polar surface area (TPSA) is 28.1 Å². The first-order valence-corrected chi connectivity index (χ1v) is 8.06. The molecule has 1 aromatic carbocycles. The van der Waals surface area contributed by atoms with Crippen molar-refractivity contribution < 1.29 is 4.74 Å². The highest BCUT2D eigenvalue weighted by Gasteiger charge is 2.25. The van der Waals surface area contributed by atoms with Crippen molar-refractivity contribution in [2.75, 3.05) is 33.2 Å². The molecule has 0 N–H and O–H groups in total. The number of rotatable bonds is 0. The first kappa shape index (κ1) is 12.9. The van der Waals surface area contributed by atoms with E-state index in [1.165, 1.54) is 0 Å². The van der Waals surface area contributed by atoms with Crippen LogP contribution in [0.2, 0.25) is 0 Å². The van der Waals surface area contributed by atoms with Crippen LogP contribution in [0.25, 0.3) is 0 Å². The molecule has 0 radical (unpaired) electrons. The van der Waals surface area contributed by atoms with E-state index in [1.54, 1.807) is 11.3 Å². The third-order valence-corrected chi connectivity index (χ3v) is 4.84. The van der Waals surface area contributed by atoms with Gasteiger partial charge in [0.15, 0.2) is 11.6 Å². The van der Waals surface area contributed by atoms with E-state index >= 15 is 0 Å². The highest BCUT2D eigenvalue weighted by molar-refractivity contribution is 7.12. The standard InChI is InChI=1S/C16H17N3OS/c1-18-7-9-19(10-8-18)16-15-14(6-11-21-15)20-13-5-3-2-4-12(13)17-16/h2-6,11H,7-10H2,1H3. The summed E-state index contributed by atoms with van der Waals surface area (Å²) < 4.78 is 6.04. The van der Waals surface area contributed by atoms with Crippen LogP contribution >= 0.6 is 11.3 Å². The second kappa shape index (κ2) is 5.16. The molecule has 0 bridgehead atoms. The van der Waals surface area contributed by atoms with Gasteiger partial charge in [0.2, 0.25) is 0 Å². The molecule has 3 heterocycles. The van der Waals surface area contributed by atoms with Gasteiger partial charge in [-0.05, 0) is 30.6 Å². The summed E-state index contributed by atoms with van der Waals surface area (Å²) in [5, 5.41) is 2.07. The molecule has 1 fully saturated rings. The van der Waals surface area contributed by atoms with Crippen LogP contribution < -0.4 is 4.74 Å². The Kier molecular flexibility index (Phi) is 3.16. The van der Waals surface area contributed by atoms with Gasteiger partial charge in [-0.25, -0.2) is 4.99 Å². The molecule has 21 heavy (non-hydrogen) atoms. The molecule has 2 aliphatic heterocycles. The molecule has 0 saturated carbocycles. The minimum atomic E-state index is 0.835. The van der Waals surface area contributed by atoms with E-state index in [0.717, 1.165) is 54.1 Å². The molecule has 2 aliphatic rings. The van der Waals surface area contributed by atoms with E-state index in [4.69, 9.17) is 9.73 Å². The molecule has 1 aromatic heterocycles. The van der Waals surface area contributed by atoms with E-state index in [-0.39, 0.29) is 0 Å². The number of hydrogen-bond acceptors (Lipinski definition) is 5. The zero-order valence-corrected chi connectivity index (χ0v) is 12.8. The van der Waals surface area contributed by atoms with Crippen LogP contribution in [0.3, 0.4) is 0 Å². The van der Waals surface area contributed by atoms with Gasteiger partial charge >= 0.3 is 0 Å². The summed E-state index contributed by atoms with van der Waals surface area (Å²) in [5.74, 6) is 2.81. The SMILES string of the molecule is CN1CCN(C2=Nc3ccccc3Oc3ccsc32)CC1. The maximum absolute atomic E-state index is 6.04. The maximum Gasteiger partial charge on any atom is 0.153 e. The van der Waals surface area contributed by atoms with Crippen molar-refractivity contribution in [2.45, 2.75) is 0 Å². The molecular formula is C16H17N3OS. The number of likely N-dealkylation sites (N-methyl/N-ethyl adjacent to an activating group) is 1. The maximum atomic E-state index is 6.04. The lowest BCUT2D eigenvalue weighted by Gasteiger charge is -2.34. The number of para-hydroxylation sites is 2. The predicted molar refractivity (Wildman–Crippen MR) is 86.1 cm³/mol. The van der Waals surface area contributed by atoms with Crippen molar-refractivity contribution in [1.29, 1.82) is 0 Å². The Morgan fingerprint density at radius 2 is 1.86 bits per heavy atom. The molecule has 1 saturated heterocycles. The van der Waals surface area contributed by atoms with Gasteiger partial charge in [0.05, 0.1) is 0 Å². The lowest BCUT2D eigenvalue weighted by molar-refractivity contribution is 0.216. The Balaban J connectivity index is 1.79. The highest BCUT2D eigenvalue weighted by Crippen LogP contribution is 2.40. The van der Waals surface area contributed by atoms with Gasteiger partial charge in [0, 0.05) is 26.2 Å². The first-order valence-electron chi connectivity index (χ1n) is 7.18. The van der Waals surface area contributed by atoms with Gasteiger partial charge in [-0.2, -0.15) is 0 Å². The van der Waals surface area contributed by atoms with Crippen LogP contribution in [-0.2, 0) is 0 Å². The van der Waals surface area contributed by atoms with Crippen LogP contribution in [0.4, 0.5) is 5.69 Å². The van der Waals surface area contributed by atoms with Crippen molar-refractivity contribution in [3.8, 4) is 11.5 Å². The van der Waals surface area contributed by atoms with Crippen LogP contribution in [-0.4, -0.2) is 48.9 Å². The summed E-state index contributed by atoms with van der Waals surface area (Å²) in [6, 6.07) is 10.0. The number of fused-ring (bicyclic) bond motifs is 2. The van der Waals surface area contributed by atoms with Gasteiger partial charge in [0.25, 0.3) is 0 Å². The normalized spacial score (nSPS) is 18.3. The van der Waals surface area contributed by atoms with Gasteiger partial charge in [-0.3, -0.25) is 0 Å². The second-order valence-corrected chi connectivity index (χ2v) is 6.33. The number of ether oxygens (including phenoxy) is 1. The van der Waals surface area contributed by atoms with Crippen molar-refractivity contribution in [3.05, 3.63) is 40.6 Å². The van der Waals surface area contributed by atoms with E-state index in [1.807, 2.05) is 30.3 Å². The van der Waals surface area contributed by atoms with E-state index in [2.05, 4.69) is 22.2 Å². The van der Waals surface area contributed by atoms with E-state index < -0.39 is 0 Å². The van der Waals surface area contributed by atoms with Crippen LogP contribution in [0.1, 0.15) is 4.88 Å². The van der Waals surface area contributed by atoms with Crippen LogP contribution in [0.5, 0.6) is 11.5 Å². The molecule has 0 spiro atoms. The molecule has 0 unspecified atom stereocenters. The van der Waals surface area contributed by atoms with Crippen molar-refractivity contribution in [2.24, 2.45) is 4.99 Å². The average Bonchev–Trinajstić information content (AvgIpc) is 2.89. The summed E-state index contributed by atoms with van der Waals surface area (Å²) in [5.41, 5.74) is 0.912. The van der Waals surface area contributed by atoms with Crippen molar-refractivity contribution in [3.63, 3.8) is 0 Å². The minimum absolute atomic E-state index is 0.835. The number of nitrogens with zero attached hydrogens (tertiary/aromatic N) is 3. The smallest absolute Gasteiger partial charge is 0.153 e. The molecule has 0 atom stereocenters. The van der Waals surface area contributed by atoms with Gasteiger partial charge in [-0.15, -0.1) is 11.3 Å². The lowest BCUT2D eigenvalue weighted by Crippen LogP contribution is -2.47. The summed E-state index contributed by atoms with van der Waals surface area (Å²) in [6.45, 7) is 4.16. The lowest BCUT2D eigenvalue weighted by atomic mass is 10.3. The average molecular weight is 299 g/mol. The molecule has 0 amide bonds. The van der Waals surface area contributed by atoms with Crippen LogP contribution in [0, 0.1) is 0 Å². The number of thiophene rings is 1. The monoisotopic (exact) mass is 299 g/mol. The Morgan fingerprint density at radius 3 is 2.71 bits per heavy atom. The predicted octanol–water partition coefficient (Wildman–Crippen LogP) is 3.18. The summed E-state index contributed by atoms with van der Waals surface area (Å²) in [4.78, 5) is 10.8. The third kappa shape index (κ3) is 2.32. The zero-order chi connectivity index (χ0) is 14.2. The van der Waals surface area contributed by atoms with Crippen molar-refractivity contribution >= 4 is 22.9 Å².